The Kier molecular flexibility index (Phi) is 2.33. The fourth-order valence-corrected chi connectivity index (χ4v) is 1.42. The van der Waals surface area contributed by atoms with Gasteiger partial charge in [-0.1, -0.05) is 0 Å². The molecule has 0 aliphatic carbocycles. The molecular formula is C11H11NO2. The summed E-state index contributed by atoms with van der Waals surface area (Å²) in [6.07, 6.45) is 2.01. The highest BCUT2D eigenvalue weighted by atomic mass is 16.3. The minimum Gasteiger partial charge on any atom is -0.464 e. The Morgan fingerprint density at radius 1 is 1.36 bits per heavy atom. The number of Topliss-reactive ketones (excluding diaryl/α,β-unsaturated/α-hetero) is 1. The van der Waals surface area contributed by atoms with Crippen LogP contribution in [0.15, 0.2) is 34.9 Å². The summed E-state index contributed by atoms with van der Waals surface area (Å²) in [4.78, 5) is 11.5. The monoisotopic (exact) mass is 189 g/mol. The number of benzene rings is 1. The molecule has 0 saturated heterocycles. The Morgan fingerprint density at radius 2 is 2.21 bits per heavy atom. The van der Waals surface area contributed by atoms with Crippen LogP contribution in [0.5, 0.6) is 0 Å². The van der Waals surface area contributed by atoms with Crippen molar-refractivity contribution in [2.24, 2.45) is 5.73 Å². The molecule has 72 valence electrons. The summed E-state index contributed by atoms with van der Waals surface area (Å²) in [7, 11) is 0. The minimum absolute atomic E-state index is 0.0793. The molecule has 3 nitrogen and oxygen atoms in total. The van der Waals surface area contributed by atoms with Crippen molar-refractivity contribution < 1.29 is 9.21 Å². The number of carbonyl (C=O) groups is 1. The van der Waals surface area contributed by atoms with Crippen molar-refractivity contribution in [3.63, 3.8) is 0 Å². The van der Waals surface area contributed by atoms with Crippen molar-refractivity contribution in [3.05, 3.63) is 36.1 Å². The highest BCUT2D eigenvalue weighted by Crippen LogP contribution is 2.17. The number of carbonyl (C=O) groups excluding carboxylic acids is 1. The van der Waals surface area contributed by atoms with E-state index >= 15 is 0 Å². The third-order valence-corrected chi connectivity index (χ3v) is 2.15. The Morgan fingerprint density at radius 3 is 3.00 bits per heavy atom. The van der Waals surface area contributed by atoms with E-state index in [1.54, 1.807) is 18.4 Å². The first-order valence-electron chi connectivity index (χ1n) is 4.52. The van der Waals surface area contributed by atoms with E-state index in [9.17, 15) is 4.79 Å². The maximum Gasteiger partial charge on any atom is 0.164 e. The standard InChI is InChI=1S/C11H11NO2/c12-5-3-10(13)8-1-2-11-9(7-8)4-6-14-11/h1-2,4,6-7H,3,5,12H2. The molecule has 1 aromatic carbocycles. The third-order valence-electron chi connectivity index (χ3n) is 2.15. The molecule has 1 aromatic heterocycles. The second-order valence-corrected chi connectivity index (χ2v) is 3.14. The van der Waals surface area contributed by atoms with Gasteiger partial charge in [0.05, 0.1) is 6.26 Å². The van der Waals surface area contributed by atoms with Crippen molar-refractivity contribution in [2.75, 3.05) is 6.54 Å². The number of nitrogens with two attached hydrogens (primary N) is 1. The molecule has 2 aromatic rings. The van der Waals surface area contributed by atoms with Crippen LogP contribution in [0.1, 0.15) is 16.8 Å². The van der Waals surface area contributed by atoms with E-state index < -0.39 is 0 Å². The van der Waals surface area contributed by atoms with Crippen LogP contribution >= 0.6 is 0 Å². The largest absolute Gasteiger partial charge is 0.464 e. The van der Waals surface area contributed by atoms with Gasteiger partial charge in [-0.05, 0) is 30.8 Å². The van der Waals surface area contributed by atoms with E-state index in [2.05, 4.69) is 0 Å². The number of fused-ring (bicyclic) bond motifs is 1. The van der Waals surface area contributed by atoms with E-state index in [1.165, 1.54) is 0 Å². The van der Waals surface area contributed by atoms with E-state index in [-0.39, 0.29) is 5.78 Å². The molecule has 0 bridgehead atoms. The molecule has 0 radical (unpaired) electrons. The van der Waals surface area contributed by atoms with Crippen molar-refractivity contribution in [1.29, 1.82) is 0 Å². The third kappa shape index (κ3) is 1.54. The van der Waals surface area contributed by atoms with Crippen LogP contribution in [-0.2, 0) is 0 Å². The van der Waals surface area contributed by atoms with Gasteiger partial charge in [-0.25, -0.2) is 0 Å². The van der Waals surface area contributed by atoms with Gasteiger partial charge in [0, 0.05) is 17.4 Å². The predicted octanol–water partition coefficient (Wildman–Crippen LogP) is 1.96. The summed E-state index contributed by atoms with van der Waals surface area (Å²) < 4.78 is 5.18. The van der Waals surface area contributed by atoms with Gasteiger partial charge in [0.1, 0.15) is 5.58 Å². The molecule has 2 N–H and O–H groups in total. The average molecular weight is 189 g/mol. The molecule has 0 fully saturated rings. The molecular weight excluding hydrogens is 178 g/mol. The average Bonchev–Trinajstić information content (AvgIpc) is 2.64. The first kappa shape index (κ1) is 8.97. The van der Waals surface area contributed by atoms with Crippen LogP contribution < -0.4 is 5.73 Å². The van der Waals surface area contributed by atoms with Crippen molar-refractivity contribution in [2.45, 2.75) is 6.42 Å². The summed E-state index contributed by atoms with van der Waals surface area (Å²) in [5.41, 5.74) is 6.82. The molecule has 1 heterocycles. The maximum atomic E-state index is 11.5. The SMILES string of the molecule is NCCC(=O)c1ccc2occc2c1. The van der Waals surface area contributed by atoms with Crippen LogP contribution in [-0.4, -0.2) is 12.3 Å². The normalized spacial score (nSPS) is 10.6. The summed E-state index contributed by atoms with van der Waals surface area (Å²) in [5, 5.41) is 0.952. The number of hydrogen-bond donors (Lipinski definition) is 1. The van der Waals surface area contributed by atoms with Gasteiger partial charge in [-0.2, -0.15) is 0 Å². The molecule has 0 saturated carbocycles. The number of rotatable bonds is 3. The number of furan rings is 1. The van der Waals surface area contributed by atoms with Gasteiger partial charge in [-0.15, -0.1) is 0 Å². The molecule has 0 aliphatic rings. The maximum absolute atomic E-state index is 11.5. The molecule has 2 rings (SSSR count). The predicted molar refractivity (Wildman–Crippen MR) is 54.2 cm³/mol. The van der Waals surface area contributed by atoms with E-state index in [0.29, 0.717) is 18.5 Å². The minimum atomic E-state index is 0.0793. The van der Waals surface area contributed by atoms with Crippen LogP contribution in [0.25, 0.3) is 11.0 Å². The van der Waals surface area contributed by atoms with E-state index in [1.807, 2.05) is 12.1 Å². The molecule has 0 atom stereocenters. The lowest BCUT2D eigenvalue weighted by atomic mass is 10.1. The lowest BCUT2D eigenvalue weighted by Crippen LogP contribution is -2.07. The summed E-state index contributed by atoms with van der Waals surface area (Å²) in [6, 6.07) is 7.24. The quantitative estimate of drug-likeness (QED) is 0.751. The summed E-state index contributed by atoms with van der Waals surface area (Å²) in [5.74, 6) is 0.0793. The Balaban J connectivity index is 2.38. The van der Waals surface area contributed by atoms with Crippen molar-refractivity contribution in [1.82, 2.24) is 0 Å². The first-order valence-corrected chi connectivity index (χ1v) is 4.52. The topological polar surface area (TPSA) is 56.2 Å². The molecule has 0 amide bonds. The van der Waals surface area contributed by atoms with Crippen LogP contribution in [0.2, 0.25) is 0 Å². The lowest BCUT2D eigenvalue weighted by molar-refractivity contribution is 0.0985. The summed E-state index contributed by atoms with van der Waals surface area (Å²) in [6.45, 7) is 0.391. The van der Waals surface area contributed by atoms with Crippen LogP contribution in [0, 0.1) is 0 Å². The zero-order valence-corrected chi connectivity index (χ0v) is 7.69. The highest BCUT2D eigenvalue weighted by molar-refractivity contribution is 5.99. The number of ketones is 1. The van der Waals surface area contributed by atoms with Gasteiger partial charge in [-0.3, -0.25) is 4.79 Å². The van der Waals surface area contributed by atoms with Crippen LogP contribution in [0.3, 0.4) is 0 Å². The second kappa shape index (κ2) is 3.64. The fourth-order valence-electron chi connectivity index (χ4n) is 1.42. The molecule has 0 unspecified atom stereocenters. The van der Waals surface area contributed by atoms with Crippen molar-refractivity contribution >= 4 is 16.8 Å². The number of hydrogen-bond acceptors (Lipinski definition) is 3. The van der Waals surface area contributed by atoms with Gasteiger partial charge < -0.3 is 10.2 Å². The van der Waals surface area contributed by atoms with Gasteiger partial charge in [0.25, 0.3) is 0 Å². The Bertz CT molecular complexity index is 459. The van der Waals surface area contributed by atoms with Gasteiger partial charge >= 0.3 is 0 Å². The summed E-state index contributed by atoms with van der Waals surface area (Å²) >= 11 is 0. The van der Waals surface area contributed by atoms with Crippen LogP contribution in [0.4, 0.5) is 0 Å². The Hall–Kier alpha value is -1.61. The molecule has 14 heavy (non-hydrogen) atoms. The molecule has 3 heteroatoms. The fraction of sp³-hybridized carbons (Fsp3) is 0.182. The molecule has 0 aliphatic heterocycles. The van der Waals surface area contributed by atoms with Gasteiger partial charge in [0.15, 0.2) is 5.78 Å². The zero-order valence-electron chi connectivity index (χ0n) is 7.69. The van der Waals surface area contributed by atoms with Gasteiger partial charge in [0.2, 0.25) is 0 Å². The Labute approximate surface area is 81.5 Å². The highest BCUT2D eigenvalue weighted by Gasteiger charge is 2.05. The zero-order chi connectivity index (χ0) is 9.97. The van der Waals surface area contributed by atoms with E-state index in [0.717, 1.165) is 11.0 Å². The molecule has 0 spiro atoms. The van der Waals surface area contributed by atoms with E-state index in [4.69, 9.17) is 10.2 Å². The second-order valence-electron chi connectivity index (χ2n) is 3.14. The smallest absolute Gasteiger partial charge is 0.164 e. The lowest BCUT2D eigenvalue weighted by Gasteiger charge is -1.98. The van der Waals surface area contributed by atoms with Crippen molar-refractivity contribution in [3.8, 4) is 0 Å². The first-order chi connectivity index (χ1) is 6.81.